The molecule has 0 bridgehead atoms. The molecule has 1 saturated heterocycles. The molecule has 8 saturated carbocycles. The smallest absolute Gasteiger partial charge is 0.151 e. The van der Waals surface area contributed by atoms with E-state index < -0.39 is 9.84 Å². The molecule has 1 aliphatic heterocycles. The van der Waals surface area contributed by atoms with Gasteiger partial charge in [-0.25, -0.2) is 8.42 Å². The van der Waals surface area contributed by atoms with Crippen LogP contribution in [0.3, 0.4) is 0 Å². The van der Waals surface area contributed by atoms with Crippen molar-refractivity contribution in [1.82, 2.24) is 0 Å². The Bertz CT molecular complexity index is 843. The molecule has 9 rings (SSSR count). The molecule has 42 heavy (non-hydrogen) atoms. The summed E-state index contributed by atoms with van der Waals surface area (Å²) in [6, 6.07) is 0. The molecule has 0 aromatic heterocycles. The maximum Gasteiger partial charge on any atom is 0.151 e. The summed E-state index contributed by atoms with van der Waals surface area (Å²) in [5.74, 6) is 6.32. The van der Waals surface area contributed by atoms with Crippen LogP contribution in [0.2, 0.25) is 0 Å². The van der Waals surface area contributed by atoms with Gasteiger partial charge in [-0.05, 0) is 115 Å². The lowest BCUT2D eigenvalue weighted by Gasteiger charge is -2.33. The first kappa shape index (κ1) is 42.0. The van der Waals surface area contributed by atoms with Crippen molar-refractivity contribution in [3.05, 3.63) is 0 Å². The SMILES string of the molecule is C.C.C.C.CC1(C)CS(=O)(=O)C1.CC1(C2CC2)CC1.CC1CC12CC2.CC1CC12CCC2.CC1CCC1.CCC1CC1. The third-order valence-electron chi connectivity index (χ3n) is 11.9. The van der Waals surface area contributed by atoms with Crippen molar-refractivity contribution in [2.24, 2.45) is 51.2 Å². The van der Waals surface area contributed by atoms with Crippen LogP contribution in [0.1, 0.15) is 187 Å². The molecule has 2 unspecified atom stereocenters. The quantitative estimate of drug-likeness (QED) is 0.311. The van der Waals surface area contributed by atoms with Crippen LogP contribution < -0.4 is 0 Å². The molecule has 0 aromatic carbocycles. The van der Waals surface area contributed by atoms with E-state index in [2.05, 4.69) is 34.6 Å². The maximum absolute atomic E-state index is 10.5. The van der Waals surface area contributed by atoms with Gasteiger partial charge in [-0.3, -0.25) is 0 Å². The number of sulfone groups is 1. The summed E-state index contributed by atoms with van der Waals surface area (Å²) in [6.45, 7) is 15.7. The van der Waals surface area contributed by atoms with Crippen LogP contribution in [-0.4, -0.2) is 19.9 Å². The summed E-state index contributed by atoms with van der Waals surface area (Å²) in [4.78, 5) is 0. The maximum atomic E-state index is 10.5. The Labute approximate surface area is 267 Å². The third-order valence-corrected chi connectivity index (χ3v) is 14.4. The number of hydrogen-bond acceptors (Lipinski definition) is 2. The van der Waals surface area contributed by atoms with Crippen LogP contribution in [-0.2, 0) is 9.84 Å². The highest BCUT2D eigenvalue weighted by Crippen LogP contribution is 2.70. The van der Waals surface area contributed by atoms with Gasteiger partial charge in [-0.2, -0.15) is 0 Å². The minimum Gasteiger partial charge on any atom is -0.229 e. The molecule has 0 radical (unpaired) electrons. The van der Waals surface area contributed by atoms with Crippen LogP contribution >= 0.6 is 0 Å². The molecule has 0 N–H and O–H groups in total. The topological polar surface area (TPSA) is 34.1 Å². The van der Waals surface area contributed by atoms with E-state index in [1.54, 1.807) is 38.5 Å². The van der Waals surface area contributed by atoms with Gasteiger partial charge in [0, 0.05) is 0 Å². The van der Waals surface area contributed by atoms with E-state index in [9.17, 15) is 8.42 Å². The molecule has 2 spiro atoms. The Hall–Kier alpha value is -0.0500. The fourth-order valence-electron chi connectivity index (χ4n) is 6.96. The lowest BCUT2D eigenvalue weighted by atomic mass is 9.80. The largest absolute Gasteiger partial charge is 0.229 e. The van der Waals surface area contributed by atoms with Crippen molar-refractivity contribution in [3.63, 3.8) is 0 Å². The van der Waals surface area contributed by atoms with Gasteiger partial charge < -0.3 is 0 Å². The lowest BCUT2D eigenvalue weighted by molar-refractivity contribution is 0.264. The zero-order chi connectivity index (χ0) is 27.8. The molecule has 2 nitrogen and oxygen atoms in total. The molecular weight excluding hydrogens is 532 g/mol. The van der Waals surface area contributed by atoms with E-state index in [-0.39, 0.29) is 35.1 Å². The minimum absolute atomic E-state index is 0. The molecule has 3 heteroatoms. The fourth-order valence-corrected chi connectivity index (χ4v) is 9.26. The second kappa shape index (κ2) is 16.0. The van der Waals surface area contributed by atoms with Gasteiger partial charge in [0.05, 0.1) is 11.5 Å². The van der Waals surface area contributed by atoms with Crippen LogP contribution in [0, 0.1) is 51.2 Å². The molecule has 0 amide bonds. The second-order valence-corrected chi connectivity index (χ2v) is 18.9. The first-order chi connectivity index (χ1) is 17.7. The zero-order valence-corrected chi connectivity index (χ0v) is 27.4. The van der Waals surface area contributed by atoms with Gasteiger partial charge in [0.1, 0.15) is 0 Å². The van der Waals surface area contributed by atoms with E-state index in [0.717, 1.165) is 45.8 Å². The number of hydrogen-bond donors (Lipinski definition) is 0. The standard InChI is InChI=1S/2C7H12.C6H10.C5H10O2S.2C5H10.4CH4/c1-7(4-5-7)6-2-3-6;1-6-5-7(6)3-2-4-7;1-5-4-6(5)2-3-6;1-5(2)3-8(6,7)4-5;1-5-3-2-4-5;1-2-5-3-4-5;;;;/h2*6H,2-5H2,1H3;5H,2-4H2,1H3;3-4H2,1-2H3;2*5H,2-4H2,1H3;4*1H4. The average Bonchev–Trinajstić information content (AvgIpc) is 3.57. The van der Waals surface area contributed by atoms with Crippen molar-refractivity contribution in [2.45, 2.75) is 187 Å². The Kier molecular flexibility index (Phi) is 16.0. The van der Waals surface area contributed by atoms with Gasteiger partial charge in [0.2, 0.25) is 0 Å². The first-order valence-corrected chi connectivity index (χ1v) is 18.7. The molecular formula is C39H80O2S. The third kappa shape index (κ3) is 13.1. The van der Waals surface area contributed by atoms with E-state index in [1.165, 1.54) is 70.6 Å². The monoisotopic (exact) mass is 613 g/mol. The Morgan fingerprint density at radius 1 is 0.619 bits per heavy atom. The van der Waals surface area contributed by atoms with Gasteiger partial charge in [-0.1, -0.05) is 123 Å². The van der Waals surface area contributed by atoms with Gasteiger partial charge in [0.15, 0.2) is 9.84 Å². The normalized spacial score (nSPS) is 31.6. The van der Waals surface area contributed by atoms with Crippen molar-refractivity contribution < 1.29 is 8.42 Å². The predicted molar refractivity (Wildman–Crippen MR) is 191 cm³/mol. The van der Waals surface area contributed by atoms with Crippen LogP contribution in [0.25, 0.3) is 0 Å². The molecule has 9 aliphatic rings. The van der Waals surface area contributed by atoms with Crippen LogP contribution in [0.5, 0.6) is 0 Å². The van der Waals surface area contributed by atoms with Gasteiger partial charge >= 0.3 is 0 Å². The highest BCUT2D eigenvalue weighted by Gasteiger charge is 2.59. The van der Waals surface area contributed by atoms with E-state index in [4.69, 9.17) is 0 Å². The van der Waals surface area contributed by atoms with Crippen molar-refractivity contribution >= 4 is 9.84 Å². The van der Waals surface area contributed by atoms with Crippen molar-refractivity contribution in [1.29, 1.82) is 0 Å². The highest BCUT2D eigenvalue weighted by atomic mass is 32.2. The van der Waals surface area contributed by atoms with E-state index in [0.29, 0.717) is 11.5 Å². The summed E-state index contributed by atoms with van der Waals surface area (Å²) < 4.78 is 21.0. The lowest BCUT2D eigenvalue weighted by Crippen LogP contribution is -2.43. The first-order valence-electron chi connectivity index (χ1n) is 16.9. The molecule has 254 valence electrons. The molecule has 2 atom stereocenters. The van der Waals surface area contributed by atoms with E-state index in [1.807, 2.05) is 13.8 Å². The Balaban J connectivity index is 0.000000474. The molecule has 8 aliphatic carbocycles. The number of rotatable bonds is 2. The zero-order valence-electron chi connectivity index (χ0n) is 26.5. The van der Waals surface area contributed by atoms with Crippen molar-refractivity contribution in [3.8, 4) is 0 Å². The summed E-state index contributed by atoms with van der Waals surface area (Å²) >= 11 is 0. The summed E-state index contributed by atoms with van der Waals surface area (Å²) in [5, 5.41) is 0. The van der Waals surface area contributed by atoms with Crippen molar-refractivity contribution in [2.75, 3.05) is 11.5 Å². The van der Waals surface area contributed by atoms with Crippen LogP contribution in [0.15, 0.2) is 0 Å². The molecule has 0 aromatic rings. The van der Waals surface area contributed by atoms with Gasteiger partial charge in [-0.15, -0.1) is 0 Å². The molecule has 1 heterocycles. The summed E-state index contributed by atoms with van der Waals surface area (Å²) in [7, 11) is -2.59. The predicted octanol–water partition coefficient (Wildman–Crippen LogP) is 12.8. The highest BCUT2D eigenvalue weighted by molar-refractivity contribution is 7.92. The Morgan fingerprint density at radius 2 is 1.02 bits per heavy atom. The fraction of sp³-hybridized carbons (Fsp3) is 1.00. The minimum atomic E-state index is -2.59. The van der Waals surface area contributed by atoms with Crippen LogP contribution in [0.4, 0.5) is 0 Å². The summed E-state index contributed by atoms with van der Waals surface area (Å²) in [6.07, 6.45) is 25.8. The second-order valence-electron chi connectivity index (χ2n) is 16.8. The Morgan fingerprint density at radius 3 is 1.05 bits per heavy atom. The van der Waals surface area contributed by atoms with Gasteiger partial charge in [0.25, 0.3) is 0 Å². The summed E-state index contributed by atoms with van der Waals surface area (Å²) in [5.41, 5.74) is 2.82. The molecule has 9 fully saturated rings. The average molecular weight is 613 g/mol. The van der Waals surface area contributed by atoms with E-state index >= 15 is 0 Å².